The van der Waals surface area contributed by atoms with Crippen molar-refractivity contribution in [2.45, 2.75) is 0 Å². The Hall–Kier alpha value is -6.46. The van der Waals surface area contributed by atoms with Gasteiger partial charge in [-0.05, 0) is 96.1 Å². The molecule has 0 aliphatic rings. The van der Waals surface area contributed by atoms with E-state index in [9.17, 15) is 8.78 Å². The summed E-state index contributed by atoms with van der Waals surface area (Å²) < 4.78 is 33.1. The molecule has 0 saturated carbocycles. The standard InChI is InChI=1S/C44H29F2N3/c45-32-20-26-36(27-21-32)48-40-16-8-7-14-38(40)42-39-15-9-17-41(43(39)49(44(42)48)37-28-22-33(46)23-29-37)47(34-12-5-2-6-13-34)35-24-18-31(19-25-35)30-10-3-1-4-11-30/h1-29H. The van der Waals surface area contributed by atoms with Crippen LogP contribution in [0.1, 0.15) is 0 Å². The molecule has 0 fully saturated rings. The Labute approximate surface area is 282 Å². The fourth-order valence-electron chi connectivity index (χ4n) is 7.09. The van der Waals surface area contributed by atoms with E-state index in [1.165, 1.54) is 24.3 Å². The molecule has 0 atom stereocenters. The molecule has 0 bridgehead atoms. The van der Waals surface area contributed by atoms with Gasteiger partial charge >= 0.3 is 0 Å². The van der Waals surface area contributed by atoms with Crippen LogP contribution in [0.3, 0.4) is 0 Å². The summed E-state index contributed by atoms with van der Waals surface area (Å²) >= 11 is 0. The van der Waals surface area contributed by atoms with Crippen molar-refractivity contribution >= 4 is 49.9 Å². The van der Waals surface area contributed by atoms with Crippen LogP contribution in [0.25, 0.3) is 55.3 Å². The van der Waals surface area contributed by atoms with Gasteiger partial charge in [-0.15, -0.1) is 0 Å². The lowest BCUT2D eigenvalue weighted by atomic mass is 10.0. The number of benzene rings is 7. The van der Waals surface area contributed by atoms with E-state index in [0.717, 1.165) is 72.4 Å². The molecular formula is C44H29F2N3. The third-order valence-corrected chi connectivity index (χ3v) is 9.23. The maximum Gasteiger partial charge on any atom is 0.131 e. The van der Waals surface area contributed by atoms with Gasteiger partial charge in [-0.1, -0.05) is 91.0 Å². The topological polar surface area (TPSA) is 13.1 Å². The van der Waals surface area contributed by atoms with Crippen molar-refractivity contribution in [3.63, 3.8) is 0 Å². The highest BCUT2D eigenvalue weighted by atomic mass is 19.1. The quantitative estimate of drug-likeness (QED) is 0.177. The lowest BCUT2D eigenvalue weighted by Gasteiger charge is -2.27. The maximum absolute atomic E-state index is 14.5. The van der Waals surface area contributed by atoms with Gasteiger partial charge in [-0.3, -0.25) is 9.13 Å². The molecule has 5 heteroatoms. The van der Waals surface area contributed by atoms with Crippen LogP contribution in [0, 0.1) is 11.6 Å². The van der Waals surface area contributed by atoms with E-state index >= 15 is 0 Å². The molecule has 49 heavy (non-hydrogen) atoms. The molecule has 0 aliphatic heterocycles. The molecule has 0 unspecified atom stereocenters. The lowest BCUT2D eigenvalue weighted by Crippen LogP contribution is -2.12. The monoisotopic (exact) mass is 637 g/mol. The molecule has 2 heterocycles. The van der Waals surface area contributed by atoms with Crippen molar-refractivity contribution in [3.05, 3.63) is 188 Å². The summed E-state index contributed by atoms with van der Waals surface area (Å²) in [6.45, 7) is 0. The summed E-state index contributed by atoms with van der Waals surface area (Å²) in [6.07, 6.45) is 0. The molecule has 0 spiro atoms. The van der Waals surface area contributed by atoms with Gasteiger partial charge in [-0.25, -0.2) is 8.78 Å². The number of hydrogen-bond acceptors (Lipinski definition) is 1. The molecule has 0 N–H and O–H groups in total. The first kappa shape index (κ1) is 28.7. The van der Waals surface area contributed by atoms with Gasteiger partial charge in [-0.2, -0.15) is 0 Å². The first-order chi connectivity index (χ1) is 24.2. The third-order valence-electron chi connectivity index (χ3n) is 9.23. The Balaban J connectivity index is 1.40. The van der Waals surface area contributed by atoms with Crippen molar-refractivity contribution in [3.8, 4) is 22.5 Å². The van der Waals surface area contributed by atoms with Crippen LogP contribution in [0.4, 0.5) is 25.8 Å². The van der Waals surface area contributed by atoms with Crippen LogP contribution in [-0.4, -0.2) is 9.13 Å². The van der Waals surface area contributed by atoms with Gasteiger partial charge in [0, 0.05) is 38.9 Å². The van der Waals surface area contributed by atoms with Crippen LogP contribution in [-0.2, 0) is 0 Å². The van der Waals surface area contributed by atoms with E-state index in [2.05, 4.69) is 105 Å². The zero-order valence-electron chi connectivity index (χ0n) is 26.3. The number of anilines is 3. The van der Waals surface area contributed by atoms with Gasteiger partial charge in [0.15, 0.2) is 0 Å². The predicted molar refractivity (Wildman–Crippen MR) is 198 cm³/mol. The van der Waals surface area contributed by atoms with Gasteiger partial charge in [0.1, 0.15) is 17.3 Å². The lowest BCUT2D eigenvalue weighted by molar-refractivity contribution is 0.627. The van der Waals surface area contributed by atoms with Crippen molar-refractivity contribution in [1.29, 1.82) is 0 Å². The smallest absolute Gasteiger partial charge is 0.131 e. The predicted octanol–water partition coefficient (Wildman–Crippen LogP) is 12.1. The van der Waals surface area contributed by atoms with E-state index in [0.29, 0.717) is 0 Å². The minimum absolute atomic E-state index is 0.297. The number of aromatic nitrogens is 2. The Bertz CT molecular complexity index is 2590. The fraction of sp³-hybridized carbons (Fsp3) is 0. The van der Waals surface area contributed by atoms with Crippen molar-refractivity contribution < 1.29 is 8.78 Å². The van der Waals surface area contributed by atoms with Crippen LogP contribution >= 0.6 is 0 Å². The molecule has 3 nitrogen and oxygen atoms in total. The molecule has 0 amide bonds. The van der Waals surface area contributed by atoms with Gasteiger partial charge in [0.2, 0.25) is 0 Å². The molecule has 0 radical (unpaired) electrons. The summed E-state index contributed by atoms with van der Waals surface area (Å²) in [6, 6.07) is 57.3. The summed E-state index contributed by atoms with van der Waals surface area (Å²) in [5.41, 5.74) is 9.78. The number of para-hydroxylation sites is 3. The van der Waals surface area contributed by atoms with Crippen LogP contribution in [0.5, 0.6) is 0 Å². The number of fused-ring (bicyclic) bond motifs is 5. The maximum atomic E-state index is 14.5. The Morgan fingerprint density at radius 3 is 1.61 bits per heavy atom. The highest BCUT2D eigenvalue weighted by molar-refractivity contribution is 6.24. The molecule has 234 valence electrons. The minimum atomic E-state index is -0.305. The third kappa shape index (κ3) is 4.78. The minimum Gasteiger partial charge on any atom is -0.308 e. The Morgan fingerprint density at radius 1 is 0.408 bits per heavy atom. The van der Waals surface area contributed by atoms with Gasteiger partial charge < -0.3 is 4.90 Å². The highest BCUT2D eigenvalue weighted by Crippen LogP contribution is 2.46. The zero-order chi connectivity index (χ0) is 32.9. The van der Waals surface area contributed by atoms with E-state index in [1.807, 2.05) is 48.5 Å². The van der Waals surface area contributed by atoms with E-state index in [4.69, 9.17) is 0 Å². The van der Waals surface area contributed by atoms with Gasteiger partial charge in [0.25, 0.3) is 0 Å². The van der Waals surface area contributed by atoms with Crippen LogP contribution < -0.4 is 4.90 Å². The van der Waals surface area contributed by atoms with Crippen molar-refractivity contribution in [1.82, 2.24) is 9.13 Å². The Morgan fingerprint density at radius 2 is 0.939 bits per heavy atom. The second-order valence-electron chi connectivity index (χ2n) is 12.1. The molecule has 9 rings (SSSR count). The molecule has 0 aliphatic carbocycles. The first-order valence-corrected chi connectivity index (χ1v) is 16.2. The summed E-state index contributed by atoms with van der Waals surface area (Å²) in [5.74, 6) is -0.602. The van der Waals surface area contributed by atoms with E-state index in [-0.39, 0.29) is 11.6 Å². The highest BCUT2D eigenvalue weighted by Gasteiger charge is 2.26. The molecule has 9 aromatic rings. The molecule has 2 aromatic heterocycles. The largest absolute Gasteiger partial charge is 0.308 e. The second kappa shape index (κ2) is 11.7. The van der Waals surface area contributed by atoms with Crippen molar-refractivity contribution in [2.24, 2.45) is 0 Å². The average molecular weight is 638 g/mol. The summed E-state index contributed by atoms with van der Waals surface area (Å²) in [4.78, 5) is 2.28. The summed E-state index contributed by atoms with van der Waals surface area (Å²) in [5, 5.41) is 3.19. The zero-order valence-corrected chi connectivity index (χ0v) is 26.3. The normalized spacial score (nSPS) is 11.5. The summed E-state index contributed by atoms with van der Waals surface area (Å²) in [7, 11) is 0. The second-order valence-corrected chi connectivity index (χ2v) is 12.1. The number of halogens is 2. The SMILES string of the molecule is Fc1ccc(-n2c3ccccc3c3c4cccc(N(c5ccccc5)c5ccc(-c6ccccc6)cc5)c4n(-c4ccc(F)cc4)c32)cc1. The van der Waals surface area contributed by atoms with Crippen LogP contribution in [0.2, 0.25) is 0 Å². The molecule has 0 saturated heterocycles. The number of hydrogen-bond donors (Lipinski definition) is 0. The van der Waals surface area contributed by atoms with E-state index in [1.54, 1.807) is 12.1 Å². The number of rotatable bonds is 6. The van der Waals surface area contributed by atoms with Crippen LogP contribution in [0.15, 0.2) is 176 Å². The fourth-order valence-corrected chi connectivity index (χ4v) is 7.09. The first-order valence-electron chi connectivity index (χ1n) is 16.2. The number of nitrogens with zero attached hydrogens (tertiary/aromatic N) is 3. The van der Waals surface area contributed by atoms with Gasteiger partial charge in [0.05, 0.1) is 16.7 Å². The average Bonchev–Trinajstić information content (AvgIpc) is 3.67. The molecule has 7 aromatic carbocycles. The van der Waals surface area contributed by atoms with Crippen molar-refractivity contribution in [2.75, 3.05) is 4.90 Å². The Kier molecular flexibility index (Phi) is 6.83. The van der Waals surface area contributed by atoms with E-state index < -0.39 is 0 Å². The molecular weight excluding hydrogens is 609 g/mol.